The summed E-state index contributed by atoms with van der Waals surface area (Å²) < 4.78 is 0. The number of pyridine rings is 1. The van der Waals surface area contributed by atoms with Crippen LogP contribution in [0.4, 0.5) is 0 Å². The van der Waals surface area contributed by atoms with Crippen LogP contribution in [0, 0.1) is 0 Å². The van der Waals surface area contributed by atoms with E-state index in [2.05, 4.69) is 50.4 Å². The SMILES string of the molecule is c1cnc2ccc(CN3CC[C@H](c4ccn[nH]4)C3)cc2c1. The van der Waals surface area contributed by atoms with Crippen molar-refractivity contribution in [3.05, 3.63) is 60.0 Å². The van der Waals surface area contributed by atoms with Crippen molar-refractivity contribution >= 4 is 10.9 Å². The van der Waals surface area contributed by atoms with E-state index in [1.54, 1.807) is 0 Å². The van der Waals surface area contributed by atoms with Gasteiger partial charge in [0, 0.05) is 42.5 Å². The van der Waals surface area contributed by atoms with E-state index in [0.29, 0.717) is 5.92 Å². The molecule has 0 radical (unpaired) electrons. The summed E-state index contributed by atoms with van der Waals surface area (Å²) in [4.78, 5) is 6.89. The molecule has 0 unspecified atom stereocenters. The Kier molecular flexibility index (Phi) is 3.16. The minimum absolute atomic E-state index is 0.592. The van der Waals surface area contributed by atoms with Gasteiger partial charge in [-0.2, -0.15) is 5.10 Å². The van der Waals surface area contributed by atoms with Gasteiger partial charge < -0.3 is 0 Å². The standard InChI is InChI=1S/C17H18N4/c1-2-14-10-13(3-4-16(14)18-7-1)11-21-9-6-15(12-21)17-5-8-19-20-17/h1-5,7-8,10,15H,6,9,11-12H2,(H,19,20)/t15-/m0/s1. The van der Waals surface area contributed by atoms with Gasteiger partial charge in [-0.3, -0.25) is 15.0 Å². The molecule has 0 bridgehead atoms. The molecule has 4 heteroatoms. The van der Waals surface area contributed by atoms with Crippen molar-refractivity contribution in [2.24, 2.45) is 0 Å². The molecule has 4 rings (SSSR count). The van der Waals surface area contributed by atoms with E-state index in [0.717, 1.165) is 25.2 Å². The highest BCUT2D eigenvalue weighted by molar-refractivity contribution is 5.78. The normalized spacial score (nSPS) is 19.3. The molecule has 0 aliphatic carbocycles. The third-order valence-corrected chi connectivity index (χ3v) is 4.31. The first-order valence-corrected chi connectivity index (χ1v) is 7.44. The summed E-state index contributed by atoms with van der Waals surface area (Å²) in [5.41, 5.74) is 3.69. The molecule has 0 saturated carbocycles. The number of nitrogens with zero attached hydrogens (tertiary/aromatic N) is 3. The number of benzene rings is 1. The molecule has 1 saturated heterocycles. The van der Waals surface area contributed by atoms with Gasteiger partial charge in [-0.1, -0.05) is 12.1 Å². The molecule has 1 aliphatic heterocycles. The monoisotopic (exact) mass is 278 g/mol. The molecule has 4 nitrogen and oxygen atoms in total. The number of likely N-dealkylation sites (tertiary alicyclic amines) is 1. The molecular weight excluding hydrogens is 260 g/mol. The molecule has 106 valence electrons. The minimum atomic E-state index is 0.592. The van der Waals surface area contributed by atoms with Gasteiger partial charge in [-0.05, 0) is 42.8 Å². The van der Waals surface area contributed by atoms with Gasteiger partial charge in [0.2, 0.25) is 0 Å². The van der Waals surface area contributed by atoms with Crippen molar-refractivity contribution in [1.82, 2.24) is 20.1 Å². The Labute approximate surface area is 123 Å². The second-order valence-electron chi connectivity index (χ2n) is 5.76. The van der Waals surface area contributed by atoms with Crippen LogP contribution in [-0.2, 0) is 6.54 Å². The first-order chi connectivity index (χ1) is 10.4. The van der Waals surface area contributed by atoms with Crippen LogP contribution in [0.3, 0.4) is 0 Å². The second-order valence-corrected chi connectivity index (χ2v) is 5.76. The fourth-order valence-corrected chi connectivity index (χ4v) is 3.21. The maximum atomic E-state index is 4.38. The average molecular weight is 278 g/mol. The predicted molar refractivity (Wildman–Crippen MR) is 83.0 cm³/mol. The predicted octanol–water partition coefficient (Wildman–Crippen LogP) is 2.95. The van der Waals surface area contributed by atoms with Crippen LogP contribution in [0.15, 0.2) is 48.8 Å². The molecule has 2 aromatic heterocycles. The van der Waals surface area contributed by atoms with Crippen LogP contribution in [-0.4, -0.2) is 33.2 Å². The lowest BCUT2D eigenvalue weighted by Crippen LogP contribution is -2.19. The lowest BCUT2D eigenvalue weighted by Gasteiger charge is -2.16. The lowest BCUT2D eigenvalue weighted by atomic mass is 10.1. The largest absolute Gasteiger partial charge is 0.298 e. The Hall–Kier alpha value is -2.20. The minimum Gasteiger partial charge on any atom is -0.298 e. The maximum absolute atomic E-state index is 4.38. The summed E-state index contributed by atoms with van der Waals surface area (Å²) in [6, 6.07) is 12.8. The quantitative estimate of drug-likeness (QED) is 0.801. The van der Waals surface area contributed by atoms with Gasteiger partial charge in [-0.25, -0.2) is 0 Å². The number of aromatic amines is 1. The van der Waals surface area contributed by atoms with Crippen LogP contribution >= 0.6 is 0 Å². The molecule has 1 fully saturated rings. The van der Waals surface area contributed by atoms with Gasteiger partial charge in [0.15, 0.2) is 0 Å². The zero-order valence-electron chi connectivity index (χ0n) is 11.9. The Morgan fingerprint density at radius 1 is 1.19 bits per heavy atom. The van der Waals surface area contributed by atoms with E-state index in [1.165, 1.54) is 23.1 Å². The fraction of sp³-hybridized carbons (Fsp3) is 0.294. The molecule has 3 aromatic rings. The third kappa shape index (κ3) is 2.54. The van der Waals surface area contributed by atoms with Crippen LogP contribution in [0.1, 0.15) is 23.6 Å². The van der Waals surface area contributed by atoms with Crippen LogP contribution in [0.25, 0.3) is 10.9 Å². The molecule has 1 aromatic carbocycles. The summed E-state index contributed by atoms with van der Waals surface area (Å²) >= 11 is 0. The summed E-state index contributed by atoms with van der Waals surface area (Å²) in [5, 5.41) is 8.38. The molecule has 1 atom stereocenters. The zero-order chi connectivity index (χ0) is 14.1. The maximum Gasteiger partial charge on any atom is 0.0702 e. The van der Waals surface area contributed by atoms with Gasteiger partial charge in [0.25, 0.3) is 0 Å². The molecule has 1 aliphatic rings. The van der Waals surface area contributed by atoms with Crippen molar-refractivity contribution in [3.8, 4) is 0 Å². The van der Waals surface area contributed by atoms with E-state index in [4.69, 9.17) is 0 Å². The van der Waals surface area contributed by atoms with Crippen molar-refractivity contribution in [1.29, 1.82) is 0 Å². The number of H-pyrrole nitrogens is 1. The van der Waals surface area contributed by atoms with Crippen LogP contribution < -0.4 is 0 Å². The van der Waals surface area contributed by atoms with Gasteiger partial charge in [0.05, 0.1) is 5.52 Å². The van der Waals surface area contributed by atoms with E-state index in [-0.39, 0.29) is 0 Å². The first-order valence-electron chi connectivity index (χ1n) is 7.44. The molecular formula is C17H18N4. The van der Waals surface area contributed by atoms with E-state index in [1.807, 2.05) is 18.5 Å². The summed E-state index contributed by atoms with van der Waals surface area (Å²) in [5.74, 6) is 0.592. The van der Waals surface area contributed by atoms with E-state index >= 15 is 0 Å². The van der Waals surface area contributed by atoms with E-state index < -0.39 is 0 Å². The molecule has 21 heavy (non-hydrogen) atoms. The number of fused-ring (bicyclic) bond motifs is 1. The Bertz CT molecular complexity index is 735. The summed E-state index contributed by atoms with van der Waals surface area (Å²) in [6.07, 6.45) is 4.89. The van der Waals surface area contributed by atoms with Gasteiger partial charge in [0.1, 0.15) is 0 Å². The topological polar surface area (TPSA) is 44.8 Å². The highest BCUT2D eigenvalue weighted by atomic mass is 15.2. The number of nitrogens with one attached hydrogen (secondary N) is 1. The summed E-state index contributed by atoms with van der Waals surface area (Å²) in [7, 11) is 0. The lowest BCUT2D eigenvalue weighted by molar-refractivity contribution is 0.326. The number of rotatable bonds is 3. The highest BCUT2D eigenvalue weighted by Gasteiger charge is 2.24. The van der Waals surface area contributed by atoms with Crippen LogP contribution in [0.2, 0.25) is 0 Å². The van der Waals surface area contributed by atoms with Gasteiger partial charge >= 0.3 is 0 Å². The second kappa shape index (κ2) is 5.30. The fourth-order valence-electron chi connectivity index (χ4n) is 3.21. The zero-order valence-corrected chi connectivity index (χ0v) is 11.9. The Balaban J connectivity index is 1.48. The van der Waals surface area contributed by atoms with Gasteiger partial charge in [-0.15, -0.1) is 0 Å². The van der Waals surface area contributed by atoms with Crippen molar-refractivity contribution < 1.29 is 0 Å². The highest BCUT2D eigenvalue weighted by Crippen LogP contribution is 2.27. The molecule has 0 amide bonds. The average Bonchev–Trinajstić information content (AvgIpc) is 3.18. The van der Waals surface area contributed by atoms with Crippen LogP contribution in [0.5, 0.6) is 0 Å². The number of aromatic nitrogens is 3. The summed E-state index contributed by atoms with van der Waals surface area (Å²) in [6.45, 7) is 3.26. The number of hydrogen-bond acceptors (Lipinski definition) is 3. The third-order valence-electron chi connectivity index (χ3n) is 4.31. The molecule has 3 heterocycles. The Morgan fingerprint density at radius 2 is 2.19 bits per heavy atom. The van der Waals surface area contributed by atoms with Crippen molar-refractivity contribution in [3.63, 3.8) is 0 Å². The Morgan fingerprint density at radius 3 is 3.10 bits per heavy atom. The smallest absolute Gasteiger partial charge is 0.0702 e. The molecule has 0 spiro atoms. The van der Waals surface area contributed by atoms with E-state index in [9.17, 15) is 0 Å². The first kappa shape index (κ1) is 12.5. The van der Waals surface area contributed by atoms with Crippen molar-refractivity contribution in [2.45, 2.75) is 18.9 Å². The van der Waals surface area contributed by atoms with Crippen molar-refractivity contribution in [2.75, 3.05) is 13.1 Å². The number of hydrogen-bond donors (Lipinski definition) is 1. The molecule has 1 N–H and O–H groups in total.